The van der Waals surface area contributed by atoms with Crippen LogP contribution in [0.3, 0.4) is 0 Å². The number of carbonyl (C=O) groups is 1. The second-order valence-corrected chi connectivity index (χ2v) is 10.0. The normalized spacial score (nSPS) is 15.9. The summed E-state index contributed by atoms with van der Waals surface area (Å²) in [5.41, 5.74) is 0.912. The zero-order valence-corrected chi connectivity index (χ0v) is 19.4. The number of nitrogens with zero attached hydrogens (tertiary/aromatic N) is 1. The summed E-state index contributed by atoms with van der Waals surface area (Å²) in [4.78, 5) is 14.8. The molecule has 0 spiro atoms. The van der Waals surface area contributed by atoms with E-state index in [0.717, 1.165) is 6.08 Å². The summed E-state index contributed by atoms with van der Waals surface area (Å²) < 4.78 is 47.4. The number of rotatable bonds is 6. The molecule has 6 nitrogen and oxygen atoms in total. The molecule has 0 radical (unpaired) electrons. The number of carboxylic acids is 1. The Hall–Kier alpha value is -2.94. The molecule has 1 heterocycles. The fourth-order valence-corrected chi connectivity index (χ4v) is 5.51. The molecule has 10 heteroatoms. The van der Waals surface area contributed by atoms with Gasteiger partial charge in [0.1, 0.15) is 22.2 Å². The second kappa shape index (κ2) is 8.78. The van der Waals surface area contributed by atoms with Crippen molar-refractivity contribution >= 4 is 44.7 Å². The van der Waals surface area contributed by atoms with Gasteiger partial charge in [-0.05, 0) is 55.0 Å². The van der Waals surface area contributed by atoms with E-state index in [9.17, 15) is 22.7 Å². The van der Waals surface area contributed by atoms with Crippen molar-refractivity contribution in [2.75, 3.05) is 0 Å². The third-order valence-electron chi connectivity index (χ3n) is 5.10. The topological polar surface area (TPSA) is 93.0 Å². The smallest absolute Gasteiger partial charge is 0.307 e. The Kier molecular flexibility index (Phi) is 6.18. The van der Waals surface area contributed by atoms with Crippen molar-refractivity contribution in [2.45, 2.75) is 24.7 Å². The lowest BCUT2D eigenvalue weighted by Crippen LogP contribution is -2.17. The van der Waals surface area contributed by atoms with Gasteiger partial charge in [-0.25, -0.2) is 12.8 Å². The Morgan fingerprint density at radius 1 is 1.18 bits per heavy atom. The van der Waals surface area contributed by atoms with Gasteiger partial charge in [0, 0.05) is 28.8 Å². The van der Waals surface area contributed by atoms with Gasteiger partial charge < -0.3 is 9.84 Å². The van der Waals surface area contributed by atoms with Crippen LogP contribution in [-0.4, -0.2) is 25.2 Å². The number of hydrogen-bond acceptors (Lipinski definition) is 5. The molecule has 1 N–H and O–H groups in total. The molecule has 4 rings (SSSR count). The Balaban J connectivity index is 1.73. The molecule has 33 heavy (non-hydrogen) atoms. The van der Waals surface area contributed by atoms with E-state index >= 15 is 0 Å². The molecule has 0 amide bonds. The van der Waals surface area contributed by atoms with Crippen LogP contribution in [0, 0.1) is 0 Å². The SMILES string of the molecule is CC1=C(CC(=O)O)C2=C(S(=O)(=O)c3ccc(Oc4cc(Cl)ccc4Cl)cc3)C(F)=CCC2=N1. The molecule has 0 saturated carbocycles. The lowest BCUT2D eigenvalue weighted by Gasteiger charge is -2.18. The van der Waals surface area contributed by atoms with E-state index < -0.39 is 33.0 Å². The average molecular weight is 508 g/mol. The van der Waals surface area contributed by atoms with Crippen molar-refractivity contribution < 1.29 is 27.4 Å². The molecule has 0 atom stereocenters. The van der Waals surface area contributed by atoms with Crippen LogP contribution in [-0.2, 0) is 14.6 Å². The highest BCUT2D eigenvalue weighted by molar-refractivity contribution is 7.95. The number of aliphatic carboxylic acids is 1. The zero-order valence-electron chi connectivity index (χ0n) is 17.1. The zero-order chi connectivity index (χ0) is 23.9. The largest absolute Gasteiger partial charge is 0.481 e. The second-order valence-electron chi connectivity index (χ2n) is 7.30. The highest BCUT2D eigenvalue weighted by Gasteiger charge is 2.37. The summed E-state index contributed by atoms with van der Waals surface area (Å²) in [6.07, 6.45) is 0.742. The predicted octanol–water partition coefficient (Wildman–Crippen LogP) is 6.27. The lowest BCUT2D eigenvalue weighted by molar-refractivity contribution is -0.136. The maximum Gasteiger partial charge on any atom is 0.307 e. The number of ether oxygens (including phenoxy) is 1. The molecule has 1 aliphatic heterocycles. The summed E-state index contributed by atoms with van der Waals surface area (Å²) >= 11 is 12.0. The van der Waals surface area contributed by atoms with E-state index in [0.29, 0.717) is 27.2 Å². The number of aliphatic imine (C=N–C) groups is 1. The minimum Gasteiger partial charge on any atom is -0.481 e. The third-order valence-corrected chi connectivity index (χ3v) is 7.48. The van der Waals surface area contributed by atoms with Gasteiger partial charge in [0.25, 0.3) is 0 Å². The first-order valence-electron chi connectivity index (χ1n) is 9.66. The van der Waals surface area contributed by atoms with E-state index in [-0.39, 0.29) is 28.2 Å². The molecule has 0 fully saturated rings. The van der Waals surface area contributed by atoms with E-state index in [1.165, 1.54) is 30.3 Å². The van der Waals surface area contributed by atoms with Crippen LogP contribution in [0.15, 0.2) is 86.0 Å². The van der Waals surface area contributed by atoms with Crippen LogP contribution in [0.1, 0.15) is 19.8 Å². The van der Waals surface area contributed by atoms with Crippen molar-refractivity contribution in [3.05, 3.63) is 86.2 Å². The van der Waals surface area contributed by atoms with Crippen LogP contribution in [0.4, 0.5) is 4.39 Å². The molecular weight excluding hydrogens is 492 g/mol. The van der Waals surface area contributed by atoms with Crippen molar-refractivity contribution in [3.63, 3.8) is 0 Å². The number of benzene rings is 2. The van der Waals surface area contributed by atoms with Gasteiger partial charge in [-0.15, -0.1) is 0 Å². The maximum atomic E-state index is 14.9. The van der Waals surface area contributed by atoms with Gasteiger partial charge in [-0.1, -0.05) is 23.2 Å². The minimum absolute atomic E-state index is 0.0286. The first-order chi connectivity index (χ1) is 15.6. The monoisotopic (exact) mass is 507 g/mol. The summed E-state index contributed by atoms with van der Waals surface area (Å²) in [5.74, 6) is -1.52. The minimum atomic E-state index is -4.34. The van der Waals surface area contributed by atoms with Crippen LogP contribution in [0.25, 0.3) is 0 Å². The standard InChI is InChI=1S/C23H16Cl2FNO5S/c1-12-16(11-21(28)29)22-19(27-12)9-8-18(26)23(22)33(30,31)15-5-3-14(4-6-15)32-20-10-13(24)2-7-17(20)25/h2-8,10H,9,11H2,1H3,(H,28,29). The Bertz CT molecular complexity index is 1410. The molecule has 0 unspecified atom stereocenters. The van der Waals surface area contributed by atoms with E-state index in [2.05, 4.69) is 4.99 Å². The molecule has 0 aromatic heterocycles. The van der Waals surface area contributed by atoms with Crippen LogP contribution in [0.2, 0.25) is 10.0 Å². The van der Waals surface area contributed by atoms with Gasteiger partial charge in [-0.2, -0.15) is 0 Å². The highest BCUT2D eigenvalue weighted by Crippen LogP contribution is 2.42. The number of carboxylic acid groups (broad SMARTS) is 1. The summed E-state index contributed by atoms with van der Waals surface area (Å²) in [5, 5.41) is 9.98. The first-order valence-corrected chi connectivity index (χ1v) is 11.9. The fourth-order valence-electron chi connectivity index (χ4n) is 3.61. The quantitative estimate of drug-likeness (QED) is 0.496. The Labute approximate surface area is 199 Å². The van der Waals surface area contributed by atoms with E-state index in [4.69, 9.17) is 27.9 Å². The van der Waals surface area contributed by atoms with Gasteiger partial charge in [0.15, 0.2) is 0 Å². The maximum absolute atomic E-state index is 14.9. The highest BCUT2D eigenvalue weighted by atomic mass is 35.5. The van der Waals surface area contributed by atoms with Crippen molar-refractivity contribution in [3.8, 4) is 11.5 Å². The van der Waals surface area contributed by atoms with Crippen molar-refractivity contribution in [1.82, 2.24) is 0 Å². The summed E-state index contributed by atoms with van der Waals surface area (Å²) in [7, 11) is -4.34. The average Bonchev–Trinajstić information content (AvgIpc) is 3.05. The van der Waals surface area contributed by atoms with Gasteiger partial charge in [0.05, 0.1) is 22.1 Å². The number of sulfone groups is 1. The number of hydrogen-bond donors (Lipinski definition) is 1. The molecule has 2 aromatic carbocycles. The molecule has 170 valence electrons. The molecule has 1 aliphatic carbocycles. The molecule has 2 aliphatic rings. The summed E-state index contributed by atoms with van der Waals surface area (Å²) in [6.45, 7) is 1.58. The van der Waals surface area contributed by atoms with Crippen LogP contribution < -0.4 is 4.74 Å². The fraction of sp³-hybridized carbons (Fsp3) is 0.130. The summed E-state index contributed by atoms with van der Waals surface area (Å²) in [6, 6.07) is 10.0. The lowest BCUT2D eigenvalue weighted by atomic mass is 9.94. The van der Waals surface area contributed by atoms with E-state index in [1.807, 2.05) is 0 Å². The Morgan fingerprint density at radius 2 is 1.88 bits per heavy atom. The third kappa shape index (κ3) is 4.46. The number of fused-ring (bicyclic) bond motifs is 1. The van der Waals surface area contributed by atoms with Crippen LogP contribution in [0.5, 0.6) is 11.5 Å². The van der Waals surface area contributed by atoms with Crippen LogP contribution >= 0.6 is 23.2 Å². The first kappa shape index (κ1) is 23.2. The molecular formula is C23H16Cl2FNO5S. The molecule has 0 bridgehead atoms. The van der Waals surface area contributed by atoms with Crippen molar-refractivity contribution in [2.24, 2.45) is 4.99 Å². The Morgan fingerprint density at radius 3 is 2.55 bits per heavy atom. The van der Waals surface area contributed by atoms with Gasteiger partial charge >= 0.3 is 5.97 Å². The predicted molar refractivity (Wildman–Crippen MR) is 123 cm³/mol. The number of allylic oxidation sites excluding steroid dienone is 4. The van der Waals surface area contributed by atoms with E-state index in [1.54, 1.807) is 19.1 Å². The van der Waals surface area contributed by atoms with Crippen molar-refractivity contribution in [1.29, 1.82) is 0 Å². The number of halogens is 3. The molecule has 0 saturated heterocycles. The van der Waals surface area contributed by atoms with Gasteiger partial charge in [0.2, 0.25) is 9.84 Å². The van der Waals surface area contributed by atoms with Gasteiger partial charge in [-0.3, -0.25) is 9.79 Å². The molecule has 2 aromatic rings.